The molecule has 2 aromatic carbocycles. The number of carbonyl (C=O) groups is 1. The fourth-order valence-electron chi connectivity index (χ4n) is 3.92. The Kier molecular flexibility index (Phi) is 6.36. The number of benzene rings is 2. The van der Waals surface area contributed by atoms with E-state index in [-0.39, 0.29) is 12.2 Å². The molecule has 7 heteroatoms. The van der Waals surface area contributed by atoms with E-state index in [1.54, 1.807) is 6.92 Å². The molecule has 2 heterocycles. The molecule has 0 saturated carbocycles. The van der Waals surface area contributed by atoms with Crippen molar-refractivity contribution in [2.75, 3.05) is 18.1 Å². The summed E-state index contributed by atoms with van der Waals surface area (Å²) in [5.41, 5.74) is 2.68. The van der Waals surface area contributed by atoms with Crippen LogP contribution in [0.5, 0.6) is 5.75 Å². The van der Waals surface area contributed by atoms with Crippen LogP contribution >= 0.6 is 15.9 Å². The minimum absolute atomic E-state index is 0.184. The van der Waals surface area contributed by atoms with Gasteiger partial charge in [0.05, 0.1) is 29.0 Å². The molecule has 31 heavy (non-hydrogen) atoms. The molecule has 0 aromatic heterocycles. The van der Waals surface area contributed by atoms with Crippen molar-refractivity contribution in [1.82, 2.24) is 0 Å². The summed E-state index contributed by atoms with van der Waals surface area (Å²) in [5, 5.41) is 0. The Morgan fingerprint density at radius 2 is 1.97 bits per heavy atom. The topological polar surface area (TPSA) is 57.2 Å². The van der Waals surface area contributed by atoms with Crippen molar-refractivity contribution in [2.24, 2.45) is 0 Å². The van der Waals surface area contributed by atoms with Crippen LogP contribution in [-0.4, -0.2) is 37.1 Å². The largest absolute Gasteiger partial charge is 0.488 e. The SMILES string of the molecule is CCOC(=O)/C=C1\[C@@H]2OC(C)(C)O[C@@H]2CN1c1cccc(OCc2ccccc2)c1Br. The number of anilines is 1. The van der Waals surface area contributed by atoms with Crippen molar-refractivity contribution < 1.29 is 23.7 Å². The van der Waals surface area contributed by atoms with Gasteiger partial charge in [0, 0.05) is 6.08 Å². The molecular weight excluding hydrogens is 462 g/mol. The smallest absolute Gasteiger partial charge is 0.332 e. The van der Waals surface area contributed by atoms with Gasteiger partial charge in [-0.3, -0.25) is 0 Å². The molecule has 2 aliphatic heterocycles. The lowest BCUT2D eigenvalue weighted by Crippen LogP contribution is -2.29. The summed E-state index contributed by atoms with van der Waals surface area (Å²) < 4.78 is 24.2. The van der Waals surface area contributed by atoms with Gasteiger partial charge in [-0.05, 0) is 54.4 Å². The van der Waals surface area contributed by atoms with Crippen LogP contribution in [0.3, 0.4) is 0 Å². The average molecular weight is 488 g/mol. The van der Waals surface area contributed by atoms with Gasteiger partial charge in [-0.1, -0.05) is 36.4 Å². The zero-order chi connectivity index (χ0) is 22.0. The summed E-state index contributed by atoms with van der Waals surface area (Å²) in [6.45, 7) is 6.87. The van der Waals surface area contributed by atoms with Crippen molar-refractivity contribution >= 4 is 27.6 Å². The number of esters is 1. The van der Waals surface area contributed by atoms with E-state index in [2.05, 4.69) is 15.9 Å². The van der Waals surface area contributed by atoms with E-state index < -0.39 is 11.8 Å². The van der Waals surface area contributed by atoms with E-state index in [0.29, 0.717) is 19.8 Å². The highest BCUT2D eigenvalue weighted by atomic mass is 79.9. The number of rotatable bonds is 6. The molecule has 0 bridgehead atoms. The first-order chi connectivity index (χ1) is 14.9. The number of halogens is 1. The van der Waals surface area contributed by atoms with E-state index in [9.17, 15) is 4.79 Å². The number of nitrogens with zero attached hydrogens (tertiary/aromatic N) is 1. The minimum Gasteiger partial charge on any atom is -0.488 e. The van der Waals surface area contributed by atoms with E-state index in [1.807, 2.05) is 67.3 Å². The summed E-state index contributed by atoms with van der Waals surface area (Å²) in [6, 6.07) is 15.8. The first-order valence-electron chi connectivity index (χ1n) is 10.3. The molecule has 2 fully saturated rings. The fourth-order valence-corrected chi connectivity index (χ4v) is 4.51. The second-order valence-corrected chi connectivity index (χ2v) is 8.68. The first kappa shape index (κ1) is 21.9. The highest BCUT2D eigenvalue weighted by Crippen LogP contribution is 2.44. The van der Waals surface area contributed by atoms with E-state index in [0.717, 1.165) is 27.2 Å². The molecule has 0 N–H and O–H groups in total. The number of hydrogen-bond donors (Lipinski definition) is 0. The number of carbonyl (C=O) groups excluding carboxylic acids is 1. The molecule has 2 aliphatic rings. The van der Waals surface area contributed by atoms with Gasteiger partial charge in [-0.25, -0.2) is 4.79 Å². The highest BCUT2D eigenvalue weighted by molar-refractivity contribution is 9.10. The summed E-state index contributed by atoms with van der Waals surface area (Å²) in [5.74, 6) is -0.382. The van der Waals surface area contributed by atoms with Crippen molar-refractivity contribution in [2.45, 2.75) is 45.4 Å². The summed E-state index contributed by atoms with van der Waals surface area (Å²) in [7, 11) is 0. The normalized spacial score (nSPS) is 23.1. The molecule has 0 radical (unpaired) electrons. The maximum Gasteiger partial charge on any atom is 0.332 e. The molecule has 0 spiro atoms. The van der Waals surface area contributed by atoms with Gasteiger partial charge in [0.15, 0.2) is 5.79 Å². The van der Waals surface area contributed by atoms with Gasteiger partial charge in [-0.15, -0.1) is 0 Å². The standard InChI is InChI=1S/C24H26BrNO5/c1-4-28-21(27)13-18-23-20(30-24(2,3)31-23)14-26(18)17-11-8-12-19(22(17)25)29-15-16-9-6-5-7-10-16/h5-13,20,23H,4,14-15H2,1-3H3/b18-13+/t20-,23+/m1/s1. The third-order valence-corrected chi connectivity index (χ3v) is 5.97. The maximum absolute atomic E-state index is 12.3. The second kappa shape index (κ2) is 9.02. The second-order valence-electron chi connectivity index (χ2n) is 7.89. The summed E-state index contributed by atoms with van der Waals surface area (Å²) in [6.07, 6.45) is 0.972. The Bertz CT molecular complexity index is 975. The number of hydrogen-bond acceptors (Lipinski definition) is 6. The Balaban J connectivity index is 1.62. The zero-order valence-corrected chi connectivity index (χ0v) is 19.4. The van der Waals surface area contributed by atoms with Gasteiger partial charge in [0.1, 0.15) is 24.6 Å². The summed E-state index contributed by atoms with van der Waals surface area (Å²) >= 11 is 3.70. The van der Waals surface area contributed by atoms with Gasteiger partial charge in [0.2, 0.25) is 0 Å². The van der Waals surface area contributed by atoms with Gasteiger partial charge in [0.25, 0.3) is 0 Å². The van der Waals surface area contributed by atoms with Crippen LogP contribution in [-0.2, 0) is 25.6 Å². The Morgan fingerprint density at radius 1 is 1.19 bits per heavy atom. The Labute approximate surface area is 190 Å². The van der Waals surface area contributed by atoms with E-state index in [4.69, 9.17) is 18.9 Å². The van der Waals surface area contributed by atoms with Crippen LogP contribution in [0.1, 0.15) is 26.3 Å². The quantitative estimate of drug-likeness (QED) is 0.430. The fraction of sp³-hybridized carbons (Fsp3) is 0.375. The van der Waals surface area contributed by atoms with Gasteiger partial charge >= 0.3 is 5.97 Å². The number of ether oxygens (including phenoxy) is 4. The maximum atomic E-state index is 12.3. The van der Waals surface area contributed by atoms with Crippen LogP contribution < -0.4 is 9.64 Å². The first-order valence-corrected chi connectivity index (χ1v) is 11.1. The molecule has 6 nitrogen and oxygen atoms in total. The third kappa shape index (κ3) is 4.79. The molecule has 0 amide bonds. The average Bonchev–Trinajstić information content (AvgIpc) is 3.20. The summed E-state index contributed by atoms with van der Waals surface area (Å²) in [4.78, 5) is 14.3. The molecule has 0 unspecified atom stereocenters. The molecule has 4 rings (SSSR count). The van der Waals surface area contributed by atoms with Crippen LogP contribution in [0.4, 0.5) is 5.69 Å². The number of fused-ring (bicyclic) bond motifs is 1. The van der Waals surface area contributed by atoms with Gasteiger partial charge < -0.3 is 23.8 Å². The predicted molar refractivity (Wildman–Crippen MR) is 121 cm³/mol. The van der Waals surface area contributed by atoms with Gasteiger partial charge in [-0.2, -0.15) is 0 Å². The van der Waals surface area contributed by atoms with Crippen LogP contribution in [0.2, 0.25) is 0 Å². The Morgan fingerprint density at radius 3 is 2.71 bits per heavy atom. The monoisotopic (exact) mass is 487 g/mol. The molecule has 0 aliphatic carbocycles. The molecule has 2 aromatic rings. The Hall–Kier alpha value is -2.35. The van der Waals surface area contributed by atoms with E-state index >= 15 is 0 Å². The van der Waals surface area contributed by atoms with Crippen LogP contribution in [0, 0.1) is 0 Å². The lowest BCUT2D eigenvalue weighted by atomic mass is 10.2. The lowest BCUT2D eigenvalue weighted by molar-refractivity contribution is -0.146. The van der Waals surface area contributed by atoms with Crippen molar-refractivity contribution in [3.05, 3.63) is 70.3 Å². The minimum atomic E-state index is -0.701. The molecule has 2 saturated heterocycles. The molecular formula is C24H26BrNO5. The predicted octanol–water partition coefficient (Wildman–Crippen LogP) is 4.82. The van der Waals surface area contributed by atoms with Crippen molar-refractivity contribution in [3.63, 3.8) is 0 Å². The lowest BCUT2D eigenvalue weighted by Gasteiger charge is -2.27. The molecule has 164 valence electrons. The van der Waals surface area contributed by atoms with Crippen LogP contribution in [0.15, 0.2) is 64.8 Å². The third-order valence-electron chi connectivity index (χ3n) is 5.17. The molecule has 2 atom stereocenters. The highest BCUT2D eigenvalue weighted by Gasteiger charge is 2.50. The van der Waals surface area contributed by atoms with E-state index in [1.165, 1.54) is 6.08 Å². The zero-order valence-electron chi connectivity index (χ0n) is 17.8. The van der Waals surface area contributed by atoms with Crippen LogP contribution in [0.25, 0.3) is 0 Å². The van der Waals surface area contributed by atoms with Crippen molar-refractivity contribution in [1.29, 1.82) is 0 Å². The van der Waals surface area contributed by atoms with Crippen molar-refractivity contribution in [3.8, 4) is 5.75 Å².